The molecule has 0 radical (unpaired) electrons. The molecule has 2 aliphatic heterocycles. The number of nitrogens with zero attached hydrogens (tertiary/aromatic N) is 5. The third kappa shape index (κ3) is 9.52. The number of amides is 3. The van der Waals surface area contributed by atoms with Gasteiger partial charge in [0.05, 0.1) is 37.3 Å². The topological polar surface area (TPSA) is 148 Å². The van der Waals surface area contributed by atoms with Crippen LogP contribution in [-0.2, 0) is 46.4 Å². The van der Waals surface area contributed by atoms with E-state index >= 15 is 0 Å². The van der Waals surface area contributed by atoms with E-state index in [1.165, 1.54) is 17.0 Å². The molecule has 2 N–H and O–H groups in total. The van der Waals surface area contributed by atoms with Crippen molar-refractivity contribution in [2.45, 2.75) is 98.5 Å². The molecular weight excluding hydrogens is 715 g/mol. The number of hydrogen-bond acceptors (Lipinski definition) is 10. The fourth-order valence-corrected chi connectivity index (χ4v) is 7.93. The van der Waals surface area contributed by atoms with Crippen LogP contribution in [0.5, 0.6) is 0 Å². The summed E-state index contributed by atoms with van der Waals surface area (Å²) in [6.45, 7) is 17.9. The van der Waals surface area contributed by atoms with Crippen LogP contribution in [0.3, 0.4) is 0 Å². The average Bonchev–Trinajstić information content (AvgIpc) is 3.50. The van der Waals surface area contributed by atoms with Crippen LogP contribution in [0.15, 0.2) is 36.5 Å². The molecule has 3 amide bonds. The van der Waals surface area contributed by atoms with Crippen molar-refractivity contribution in [3.8, 4) is 11.3 Å². The van der Waals surface area contributed by atoms with Gasteiger partial charge in [-0.25, -0.2) is 5.43 Å². The SMILES string of the molecule is CCn1c(-c2cccnc2[C@H](C)OC)c(CC(C)(C)COC(=O)[C@@H]2CCCN(C(=O)[C@H](C)NC(=O)[C@H](C(C)C)N(C)C=O)N2)c2cc(N3CCOCC3)ccc21. The number of aromatic nitrogens is 2. The van der Waals surface area contributed by atoms with Gasteiger partial charge < -0.3 is 33.9 Å². The molecule has 4 heterocycles. The highest BCUT2D eigenvalue weighted by atomic mass is 16.5. The quantitative estimate of drug-likeness (QED) is 0.158. The third-order valence-electron chi connectivity index (χ3n) is 10.9. The summed E-state index contributed by atoms with van der Waals surface area (Å²) in [5.74, 6) is -1.38. The van der Waals surface area contributed by atoms with E-state index < -0.39 is 35.4 Å². The lowest BCUT2D eigenvalue weighted by atomic mass is 9.84. The number of ether oxygens (including phenoxy) is 3. The molecule has 306 valence electrons. The first-order chi connectivity index (χ1) is 26.7. The number of morpholine rings is 1. The zero-order valence-electron chi connectivity index (χ0n) is 34.6. The molecule has 56 heavy (non-hydrogen) atoms. The molecule has 4 atom stereocenters. The van der Waals surface area contributed by atoms with Gasteiger partial charge in [-0.3, -0.25) is 29.2 Å². The van der Waals surface area contributed by atoms with Crippen LogP contribution < -0.4 is 15.6 Å². The van der Waals surface area contributed by atoms with Gasteiger partial charge in [-0.05, 0) is 81.8 Å². The number of likely N-dealkylation sites (N-methyl/N-ethyl adjacent to an activating group) is 1. The van der Waals surface area contributed by atoms with E-state index in [-0.39, 0.29) is 24.5 Å². The zero-order valence-corrected chi connectivity index (χ0v) is 34.6. The van der Waals surface area contributed by atoms with Crippen molar-refractivity contribution in [3.05, 3.63) is 47.8 Å². The molecule has 0 saturated carbocycles. The number of rotatable bonds is 16. The standard InChI is InChI=1S/C42H61N7O7/c1-10-48-35-16-15-30(47-19-21-55-22-20-47)23-32(35)33(38(48)31-13-11-17-43-36(31)29(5)54-9)24-42(6,7)25-56-41(53)34-14-12-18-49(45-34)40(52)28(4)44-39(51)37(27(2)3)46(8)26-50/h11,13,15-17,23,26-29,34,37,45H,10,12,14,18-22,24-25H2,1-9H3,(H,44,51)/t28-,29-,34-,37-/m0/s1. The van der Waals surface area contributed by atoms with Crippen LogP contribution in [-0.4, -0.2) is 115 Å². The summed E-state index contributed by atoms with van der Waals surface area (Å²) in [4.78, 5) is 59.9. The lowest BCUT2D eigenvalue weighted by molar-refractivity contribution is -0.155. The lowest BCUT2D eigenvalue weighted by Gasteiger charge is -2.35. The summed E-state index contributed by atoms with van der Waals surface area (Å²) >= 11 is 0. The van der Waals surface area contributed by atoms with E-state index in [1.54, 1.807) is 20.2 Å². The Morgan fingerprint density at radius 3 is 2.52 bits per heavy atom. The van der Waals surface area contributed by atoms with Gasteiger partial charge in [0.1, 0.15) is 18.1 Å². The minimum absolute atomic E-state index is 0.152. The van der Waals surface area contributed by atoms with Crippen LogP contribution in [0.4, 0.5) is 5.69 Å². The molecule has 14 heteroatoms. The van der Waals surface area contributed by atoms with Crippen molar-refractivity contribution in [1.82, 2.24) is 30.2 Å². The maximum absolute atomic E-state index is 13.6. The van der Waals surface area contributed by atoms with Gasteiger partial charge in [-0.1, -0.05) is 27.7 Å². The van der Waals surface area contributed by atoms with Crippen LogP contribution in [0.2, 0.25) is 0 Å². The second-order valence-electron chi connectivity index (χ2n) is 16.1. The lowest BCUT2D eigenvalue weighted by Crippen LogP contribution is -2.60. The Morgan fingerprint density at radius 1 is 1.12 bits per heavy atom. The maximum atomic E-state index is 13.6. The zero-order chi connectivity index (χ0) is 40.7. The van der Waals surface area contributed by atoms with E-state index in [0.717, 1.165) is 58.7 Å². The van der Waals surface area contributed by atoms with Crippen molar-refractivity contribution in [2.75, 3.05) is 58.5 Å². The highest BCUT2D eigenvalue weighted by molar-refractivity contribution is 5.95. The first kappa shape index (κ1) is 42.6. The molecule has 3 aromatic rings. The Balaban J connectivity index is 1.36. The largest absolute Gasteiger partial charge is 0.464 e. The number of aryl methyl sites for hydroxylation is 1. The minimum atomic E-state index is -0.875. The first-order valence-corrected chi connectivity index (χ1v) is 19.9. The molecule has 0 aliphatic carbocycles. The molecule has 2 fully saturated rings. The predicted octanol–water partition coefficient (Wildman–Crippen LogP) is 4.49. The Kier molecular flexibility index (Phi) is 14.2. The van der Waals surface area contributed by atoms with Crippen LogP contribution in [0.25, 0.3) is 22.2 Å². The summed E-state index contributed by atoms with van der Waals surface area (Å²) in [7, 11) is 3.23. The van der Waals surface area contributed by atoms with Crippen molar-refractivity contribution < 1.29 is 33.4 Å². The summed E-state index contributed by atoms with van der Waals surface area (Å²) in [5.41, 5.74) is 8.94. The van der Waals surface area contributed by atoms with Crippen molar-refractivity contribution in [3.63, 3.8) is 0 Å². The number of fused-ring (bicyclic) bond motifs is 1. The number of esters is 1. The second-order valence-corrected chi connectivity index (χ2v) is 16.1. The molecule has 2 aliphatic rings. The molecule has 0 bridgehead atoms. The van der Waals surface area contributed by atoms with E-state index in [0.29, 0.717) is 45.4 Å². The monoisotopic (exact) mass is 775 g/mol. The molecular formula is C42H61N7O7. The van der Waals surface area contributed by atoms with Gasteiger partial charge in [-0.2, -0.15) is 0 Å². The predicted molar refractivity (Wildman–Crippen MR) is 216 cm³/mol. The Bertz CT molecular complexity index is 1850. The Morgan fingerprint density at radius 2 is 1.86 bits per heavy atom. The summed E-state index contributed by atoms with van der Waals surface area (Å²) in [6.07, 6.45) is 3.88. The number of pyridine rings is 1. The van der Waals surface area contributed by atoms with Gasteiger partial charge in [0.15, 0.2) is 0 Å². The number of anilines is 1. The smallest absolute Gasteiger partial charge is 0.324 e. The highest BCUT2D eigenvalue weighted by Gasteiger charge is 2.35. The van der Waals surface area contributed by atoms with E-state index in [1.807, 2.05) is 26.8 Å². The molecule has 2 saturated heterocycles. The maximum Gasteiger partial charge on any atom is 0.324 e. The summed E-state index contributed by atoms with van der Waals surface area (Å²) in [6, 6.07) is 8.44. The fraction of sp³-hybridized carbons (Fsp3) is 0.595. The number of nitrogens with one attached hydrogen (secondary N) is 2. The van der Waals surface area contributed by atoms with Gasteiger partial charge in [-0.15, -0.1) is 0 Å². The normalized spacial score (nSPS) is 18.1. The van der Waals surface area contributed by atoms with Crippen LogP contribution in [0, 0.1) is 11.3 Å². The number of methoxy groups -OCH3 is 1. The van der Waals surface area contributed by atoms with Gasteiger partial charge in [0.2, 0.25) is 12.3 Å². The molecule has 0 unspecified atom stereocenters. The number of carbonyl (C=O) groups is 4. The van der Waals surface area contributed by atoms with Crippen molar-refractivity contribution >= 4 is 40.8 Å². The third-order valence-corrected chi connectivity index (χ3v) is 10.9. The van der Waals surface area contributed by atoms with Crippen molar-refractivity contribution in [2.24, 2.45) is 11.3 Å². The minimum Gasteiger partial charge on any atom is -0.464 e. The van der Waals surface area contributed by atoms with Crippen LogP contribution in [0.1, 0.15) is 78.7 Å². The van der Waals surface area contributed by atoms with E-state index in [2.05, 4.69) is 65.2 Å². The molecule has 14 nitrogen and oxygen atoms in total. The summed E-state index contributed by atoms with van der Waals surface area (Å²) < 4.78 is 19.8. The highest BCUT2D eigenvalue weighted by Crippen LogP contribution is 2.41. The molecule has 0 spiro atoms. The molecule has 5 rings (SSSR count). The van der Waals surface area contributed by atoms with E-state index in [4.69, 9.17) is 19.2 Å². The second kappa shape index (κ2) is 18.6. The molecule has 2 aromatic heterocycles. The first-order valence-electron chi connectivity index (χ1n) is 19.9. The number of benzene rings is 1. The number of carbonyl (C=O) groups excluding carboxylic acids is 4. The summed E-state index contributed by atoms with van der Waals surface area (Å²) in [5, 5.41) is 5.29. The van der Waals surface area contributed by atoms with Gasteiger partial charge in [0, 0.05) is 74.1 Å². The molecule has 1 aromatic carbocycles. The van der Waals surface area contributed by atoms with Gasteiger partial charge in [0.25, 0.3) is 5.91 Å². The van der Waals surface area contributed by atoms with Crippen LogP contribution >= 0.6 is 0 Å². The van der Waals surface area contributed by atoms with Crippen molar-refractivity contribution in [1.29, 1.82) is 0 Å². The van der Waals surface area contributed by atoms with E-state index in [9.17, 15) is 19.2 Å². The average molecular weight is 776 g/mol. The Labute approximate surface area is 331 Å². The Hall–Kier alpha value is -4.53. The number of hydrogen-bond donors (Lipinski definition) is 2. The fourth-order valence-electron chi connectivity index (χ4n) is 7.93. The van der Waals surface area contributed by atoms with Gasteiger partial charge >= 0.3 is 5.97 Å². The number of hydrazine groups is 1.